The lowest BCUT2D eigenvalue weighted by atomic mass is 9.89. The molecule has 0 radical (unpaired) electrons. The highest BCUT2D eigenvalue weighted by Crippen LogP contribution is 2.26. The first kappa shape index (κ1) is 12.8. The van der Waals surface area contributed by atoms with E-state index in [9.17, 15) is 9.90 Å². The van der Waals surface area contributed by atoms with Gasteiger partial charge in [-0.2, -0.15) is 0 Å². The highest BCUT2D eigenvalue weighted by Gasteiger charge is 2.40. The zero-order valence-corrected chi connectivity index (χ0v) is 11.7. The fraction of sp³-hybridized carbons (Fsp3) is 0.538. The number of fused-ring (bicyclic) bond motifs is 1. The lowest BCUT2D eigenvalue weighted by molar-refractivity contribution is -0.107. The van der Waals surface area contributed by atoms with Crippen LogP contribution in [0.2, 0.25) is 0 Å². The number of aromatic nitrogens is 2. The summed E-state index contributed by atoms with van der Waals surface area (Å²) in [5, 5.41) is 12.0. The van der Waals surface area contributed by atoms with E-state index in [0.717, 1.165) is 18.4 Å². The number of aromatic amines is 1. The van der Waals surface area contributed by atoms with Gasteiger partial charge in [0.15, 0.2) is 0 Å². The quantitative estimate of drug-likeness (QED) is 0.886. The highest BCUT2D eigenvalue weighted by molar-refractivity contribution is 7.17. The van der Waals surface area contributed by atoms with Crippen molar-refractivity contribution in [2.45, 2.75) is 31.9 Å². The molecule has 0 unspecified atom stereocenters. The number of rotatable bonds is 4. The lowest BCUT2D eigenvalue weighted by Crippen LogP contribution is -2.61. The zero-order chi connectivity index (χ0) is 13.5. The number of H-pyrrole nitrogens is 1. The van der Waals surface area contributed by atoms with Crippen LogP contribution in [0.4, 0.5) is 0 Å². The summed E-state index contributed by atoms with van der Waals surface area (Å²) < 4.78 is 0.676. The van der Waals surface area contributed by atoms with Gasteiger partial charge in [0.1, 0.15) is 10.5 Å². The number of hydrogen-bond acceptors (Lipinski definition) is 5. The third-order valence-corrected chi connectivity index (χ3v) is 4.39. The van der Waals surface area contributed by atoms with Crippen molar-refractivity contribution in [3.05, 3.63) is 27.6 Å². The Labute approximate surface area is 114 Å². The maximum atomic E-state index is 11.8. The summed E-state index contributed by atoms with van der Waals surface area (Å²) in [6.07, 6.45) is 1.82. The standard InChI is InChI=1S/C13H17N3O2S/c1-2-4-13(18)7-16(8-13)6-10-14-9-3-5-19-11(9)12(17)15-10/h3,5,18H,2,4,6-8H2,1H3,(H,14,15,17). The van der Waals surface area contributed by atoms with Gasteiger partial charge in [0.2, 0.25) is 0 Å². The minimum atomic E-state index is -0.540. The summed E-state index contributed by atoms with van der Waals surface area (Å²) in [7, 11) is 0. The van der Waals surface area contributed by atoms with Gasteiger partial charge in [0.05, 0.1) is 17.7 Å². The molecule has 3 rings (SSSR count). The summed E-state index contributed by atoms with van der Waals surface area (Å²) in [6, 6.07) is 1.86. The predicted octanol–water partition coefficient (Wildman–Crippen LogP) is 1.33. The average molecular weight is 279 g/mol. The molecule has 6 heteroatoms. The van der Waals surface area contributed by atoms with Crippen LogP contribution in [0, 0.1) is 0 Å². The van der Waals surface area contributed by atoms with E-state index in [-0.39, 0.29) is 5.56 Å². The summed E-state index contributed by atoms with van der Waals surface area (Å²) >= 11 is 1.41. The van der Waals surface area contributed by atoms with Gasteiger partial charge in [-0.25, -0.2) is 4.98 Å². The molecule has 0 saturated carbocycles. The van der Waals surface area contributed by atoms with E-state index >= 15 is 0 Å². The van der Waals surface area contributed by atoms with Crippen LogP contribution in [0.15, 0.2) is 16.2 Å². The van der Waals surface area contributed by atoms with Crippen LogP contribution < -0.4 is 5.56 Å². The third kappa shape index (κ3) is 2.43. The number of β-amino-alcohol motifs (C(OH)–C–C–N with tert-alkyl or cyclic N) is 1. The Kier molecular flexibility index (Phi) is 3.16. The third-order valence-electron chi connectivity index (χ3n) is 3.49. The molecule has 1 fully saturated rings. The van der Waals surface area contributed by atoms with Crippen molar-refractivity contribution in [2.75, 3.05) is 13.1 Å². The highest BCUT2D eigenvalue weighted by atomic mass is 32.1. The van der Waals surface area contributed by atoms with Crippen molar-refractivity contribution in [3.63, 3.8) is 0 Å². The van der Waals surface area contributed by atoms with Gasteiger partial charge >= 0.3 is 0 Å². The van der Waals surface area contributed by atoms with Crippen LogP contribution in [0.5, 0.6) is 0 Å². The van der Waals surface area contributed by atoms with Crippen LogP contribution in [-0.2, 0) is 6.54 Å². The maximum absolute atomic E-state index is 11.8. The molecule has 1 saturated heterocycles. The first-order valence-electron chi connectivity index (χ1n) is 6.51. The van der Waals surface area contributed by atoms with Crippen LogP contribution in [-0.4, -0.2) is 38.7 Å². The number of thiophene rings is 1. The fourth-order valence-corrected chi connectivity index (χ4v) is 3.46. The lowest BCUT2D eigenvalue weighted by Gasteiger charge is -2.46. The Balaban J connectivity index is 1.72. The average Bonchev–Trinajstić information content (AvgIpc) is 2.76. The smallest absolute Gasteiger partial charge is 0.268 e. The van der Waals surface area contributed by atoms with Crippen molar-refractivity contribution in [2.24, 2.45) is 0 Å². The molecule has 5 nitrogen and oxygen atoms in total. The van der Waals surface area contributed by atoms with Crippen LogP contribution in [0.3, 0.4) is 0 Å². The molecular weight excluding hydrogens is 262 g/mol. The molecule has 102 valence electrons. The second-order valence-corrected chi connectivity index (χ2v) is 6.18. The maximum Gasteiger partial charge on any atom is 0.268 e. The molecule has 2 N–H and O–H groups in total. The molecule has 1 aliphatic heterocycles. The second kappa shape index (κ2) is 4.70. The molecule has 0 bridgehead atoms. The van der Waals surface area contributed by atoms with Gasteiger partial charge in [-0.1, -0.05) is 13.3 Å². The Hall–Kier alpha value is -1.24. The molecule has 2 aromatic heterocycles. The molecule has 0 aliphatic carbocycles. The van der Waals surface area contributed by atoms with Crippen LogP contribution >= 0.6 is 11.3 Å². The molecule has 19 heavy (non-hydrogen) atoms. The molecular formula is C13H17N3O2S. The Morgan fingerprint density at radius 1 is 1.58 bits per heavy atom. The van der Waals surface area contributed by atoms with Crippen molar-refractivity contribution in [1.82, 2.24) is 14.9 Å². The van der Waals surface area contributed by atoms with E-state index in [1.807, 2.05) is 11.4 Å². The zero-order valence-electron chi connectivity index (χ0n) is 10.8. The Morgan fingerprint density at radius 3 is 3.11 bits per heavy atom. The summed E-state index contributed by atoms with van der Waals surface area (Å²) in [5.74, 6) is 0.675. The predicted molar refractivity (Wildman–Crippen MR) is 75.4 cm³/mol. The summed E-state index contributed by atoms with van der Waals surface area (Å²) in [6.45, 7) is 3.98. The molecule has 0 atom stereocenters. The van der Waals surface area contributed by atoms with Crippen molar-refractivity contribution < 1.29 is 5.11 Å². The van der Waals surface area contributed by atoms with E-state index in [4.69, 9.17) is 0 Å². The van der Waals surface area contributed by atoms with Gasteiger partial charge in [-0.05, 0) is 17.9 Å². The van der Waals surface area contributed by atoms with E-state index in [1.54, 1.807) is 0 Å². The molecule has 1 aliphatic rings. The summed E-state index contributed by atoms with van der Waals surface area (Å²) in [5.41, 5.74) is 0.147. The van der Waals surface area contributed by atoms with Crippen molar-refractivity contribution in [1.29, 1.82) is 0 Å². The monoisotopic (exact) mass is 279 g/mol. The Morgan fingerprint density at radius 2 is 2.37 bits per heavy atom. The van der Waals surface area contributed by atoms with E-state index in [1.165, 1.54) is 11.3 Å². The van der Waals surface area contributed by atoms with E-state index < -0.39 is 5.60 Å². The number of aliphatic hydroxyl groups is 1. The van der Waals surface area contributed by atoms with Gasteiger partial charge in [0, 0.05) is 13.1 Å². The fourth-order valence-electron chi connectivity index (χ4n) is 2.73. The van der Waals surface area contributed by atoms with Crippen molar-refractivity contribution in [3.8, 4) is 0 Å². The molecule has 0 amide bonds. The number of nitrogens with one attached hydrogen (secondary N) is 1. The van der Waals surface area contributed by atoms with E-state index in [2.05, 4.69) is 21.8 Å². The molecule has 2 aromatic rings. The normalized spacial score (nSPS) is 18.6. The first-order chi connectivity index (χ1) is 9.09. The van der Waals surface area contributed by atoms with Gasteiger partial charge in [-0.15, -0.1) is 11.3 Å². The number of likely N-dealkylation sites (tertiary alicyclic amines) is 1. The molecule has 0 aromatic carbocycles. The largest absolute Gasteiger partial charge is 0.387 e. The minimum Gasteiger partial charge on any atom is -0.387 e. The van der Waals surface area contributed by atoms with Crippen LogP contribution in [0.25, 0.3) is 10.2 Å². The van der Waals surface area contributed by atoms with E-state index in [0.29, 0.717) is 30.2 Å². The first-order valence-corrected chi connectivity index (χ1v) is 7.39. The minimum absolute atomic E-state index is 0.0701. The number of nitrogens with zero attached hydrogens (tertiary/aromatic N) is 2. The van der Waals surface area contributed by atoms with Crippen molar-refractivity contribution >= 4 is 21.6 Å². The number of hydrogen-bond donors (Lipinski definition) is 2. The second-order valence-electron chi connectivity index (χ2n) is 5.27. The molecule has 0 spiro atoms. The van der Waals surface area contributed by atoms with Gasteiger partial charge < -0.3 is 10.1 Å². The molecule has 3 heterocycles. The van der Waals surface area contributed by atoms with Crippen LogP contribution in [0.1, 0.15) is 25.6 Å². The SMILES string of the molecule is CCCC1(O)CN(Cc2nc3ccsc3c(=O)[nH]2)C1. The summed E-state index contributed by atoms with van der Waals surface area (Å²) in [4.78, 5) is 21.2. The van der Waals surface area contributed by atoms with Gasteiger partial charge in [-0.3, -0.25) is 9.69 Å². The Bertz CT molecular complexity index is 643. The van der Waals surface area contributed by atoms with Gasteiger partial charge in [0.25, 0.3) is 5.56 Å². The topological polar surface area (TPSA) is 69.2 Å².